The molecule has 2 aliphatic carbocycles. The SMILES string of the molecule is O=C(Cl)C1CCC(C2CCC(OC(F)F)CC2)CC1. The average Bonchev–Trinajstić information content (AvgIpc) is 2.39. The van der Waals surface area contributed by atoms with Crippen LogP contribution in [0.3, 0.4) is 0 Å². The maximum Gasteiger partial charge on any atom is 0.345 e. The minimum absolute atomic E-state index is 0.0384. The van der Waals surface area contributed by atoms with Crippen LogP contribution in [0.25, 0.3) is 0 Å². The minimum atomic E-state index is -2.65. The highest BCUT2D eigenvalue weighted by Gasteiger charge is 2.33. The average molecular weight is 295 g/mol. The van der Waals surface area contributed by atoms with Gasteiger partial charge in [-0.25, -0.2) is 0 Å². The van der Waals surface area contributed by atoms with E-state index in [1.165, 1.54) is 0 Å². The number of carbonyl (C=O) groups is 1. The van der Waals surface area contributed by atoms with Gasteiger partial charge < -0.3 is 4.74 Å². The molecule has 2 nitrogen and oxygen atoms in total. The highest BCUT2D eigenvalue weighted by molar-refractivity contribution is 6.63. The minimum Gasteiger partial charge on any atom is -0.320 e. The second kappa shape index (κ2) is 6.98. The van der Waals surface area contributed by atoms with Crippen molar-refractivity contribution in [3.8, 4) is 0 Å². The lowest BCUT2D eigenvalue weighted by Crippen LogP contribution is -2.30. The predicted molar refractivity (Wildman–Crippen MR) is 69.1 cm³/mol. The van der Waals surface area contributed by atoms with Gasteiger partial charge in [0.15, 0.2) is 0 Å². The summed E-state index contributed by atoms with van der Waals surface area (Å²) in [6, 6.07) is 0. The third-order valence-corrected chi connectivity index (χ3v) is 5.08. The van der Waals surface area contributed by atoms with Gasteiger partial charge in [0.2, 0.25) is 5.24 Å². The molecule has 0 radical (unpaired) electrons. The lowest BCUT2D eigenvalue weighted by Gasteiger charge is -2.37. The largest absolute Gasteiger partial charge is 0.345 e. The van der Waals surface area contributed by atoms with Crippen LogP contribution >= 0.6 is 11.6 Å². The fourth-order valence-corrected chi connectivity index (χ4v) is 3.88. The van der Waals surface area contributed by atoms with E-state index < -0.39 is 6.61 Å². The zero-order valence-electron chi connectivity index (χ0n) is 11.0. The molecule has 2 rings (SSSR count). The van der Waals surface area contributed by atoms with E-state index >= 15 is 0 Å². The number of ether oxygens (including phenoxy) is 1. The first kappa shape index (κ1) is 15.2. The van der Waals surface area contributed by atoms with E-state index in [0.717, 1.165) is 51.4 Å². The van der Waals surface area contributed by atoms with Crippen LogP contribution in [0.1, 0.15) is 51.4 Å². The molecule has 5 heteroatoms. The van der Waals surface area contributed by atoms with E-state index in [0.29, 0.717) is 11.8 Å². The summed E-state index contributed by atoms with van der Waals surface area (Å²) in [5.74, 6) is 1.29. The normalized spacial score (nSPS) is 36.4. The molecule has 2 fully saturated rings. The summed E-state index contributed by atoms with van der Waals surface area (Å²) >= 11 is 5.53. The summed E-state index contributed by atoms with van der Waals surface area (Å²) in [5, 5.41) is -0.201. The Bertz CT molecular complexity index is 296. The Hall–Kier alpha value is -0.220. The van der Waals surface area contributed by atoms with Gasteiger partial charge in [-0.15, -0.1) is 0 Å². The van der Waals surface area contributed by atoms with Crippen molar-refractivity contribution in [3.05, 3.63) is 0 Å². The van der Waals surface area contributed by atoms with Crippen molar-refractivity contribution in [3.63, 3.8) is 0 Å². The summed E-state index contributed by atoms with van der Waals surface area (Å²) in [6.07, 6.45) is 7.04. The molecule has 0 heterocycles. The summed E-state index contributed by atoms with van der Waals surface area (Å²) < 4.78 is 28.8. The van der Waals surface area contributed by atoms with Crippen LogP contribution in [0.4, 0.5) is 8.78 Å². The number of alkyl halides is 2. The van der Waals surface area contributed by atoms with E-state index in [1.807, 2.05) is 0 Å². The van der Waals surface area contributed by atoms with Crippen molar-refractivity contribution in [2.45, 2.75) is 64.1 Å². The third kappa shape index (κ3) is 4.38. The molecule has 2 saturated carbocycles. The van der Waals surface area contributed by atoms with Crippen LogP contribution in [0, 0.1) is 17.8 Å². The van der Waals surface area contributed by atoms with Gasteiger partial charge in [-0.2, -0.15) is 8.78 Å². The van der Waals surface area contributed by atoms with Crippen molar-refractivity contribution in [2.24, 2.45) is 17.8 Å². The Labute approximate surface area is 117 Å². The molecule has 0 spiro atoms. The maximum atomic E-state index is 12.1. The second-order valence-corrected chi connectivity index (χ2v) is 6.22. The Morgan fingerprint density at radius 1 is 0.947 bits per heavy atom. The van der Waals surface area contributed by atoms with Gasteiger partial charge in [0.25, 0.3) is 0 Å². The quantitative estimate of drug-likeness (QED) is 0.720. The number of carbonyl (C=O) groups excluding carboxylic acids is 1. The molecule has 0 bridgehead atoms. The maximum absolute atomic E-state index is 12.1. The Morgan fingerprint density at radius 2 is 1.42 bits per heavy atom. The van der Waals surface area contributed by atoms with Crippen LogP contribution in [0.15, 0.2) is 0 Å². The van der Waals surface area contributed by atoms with Crippen LogP contribution in [-0.2, 0) is 9.53 Å². The molecule has 0 aliphatic heterocycles. The van der Waals surface area contributed by atoms with E-state index in [-0.39, 0.29) is 17.3 Å². The lowest BCUT2D eigenvalue weighted by atomic mass is 9.71. The molecule has 0 atom stereocenters. The smallest absolute Gasteiger partial charge is 0.320 e. The molecule has 0 aromatic carbocycles. The summed E-state index contributed by atoms with van der Waals surface area (Å²) in [7, 11) is 0. The molecule has 110 valence electrons. The first-order valence-corrected chi connectivity index (χ1v) is 7.57. The fraction of sp³-hybridized carbons (Fsp3) is 0.929. The van der Waals surface area contributed by atoms with Gasteiger partial charge >= 0.3 is 6.61 Å². The standard InChI is InChI=1S/C14H21ClF2O2/c15-13(18)11-3-1-9(2-4-11)10-5-7-12(8-6-10)19-14(16)17/h9-12,14H,1-8H2. The molecule has 19 heavy (non-hydrogen) atoms. The van der Waals surface area contributed by atoms with Gasteiger partial charge in [-0.05, 0) is 74.8 Å². The Kier molecular flexibility index (Phi) is 5.58. The number of hydrogen-bond donors (Lipinski definition) is 0. The van der Waals surface area contributed by atoms with Gasteiger partial charge in [0.05, 0.1) is 6.10 Å². The Morgan fingerprint density at radius 3 is 1.84 bits per heavy atom. The molecule has 0 unspecified atom stereocenters. The summed E-state index contributed by atoms with van der Waals surface area (Å²) in [5.41, 5.74) is 0. The van der Waals surface area contributed by atoms with Gasteiger partial charge in [-0.1, -0.05) is 0 Å². The fourth-order valence-electron chi connectivity index (χ4n) is 3.66. The predicted octanol–water partition coefficient (Wildman–Crippen LogP) is 4.36. The molecule has 0 aromatic heterocycles. The molecule has 0 N–H and O–H groups in total. The van der Waals surface area contributed by atoms with Crippen LogP contribution in [0.5, 0.6) is 0 Å². The zero-order chi connectivity index (χ0) is 13.8. The van der Waals surface area contributed by atoms with Crippen molar-refractivity contribution in [2.75, 3.05) is 0 Å². The summed E-state index contributed by atoms with van der Waals surface area (Å²) in [6.45, 7) is -2.65. The first-order valence-electron chi connectivity index (χ1n) is 7.19. The molecule has 0 saturated heterocycles. The highest BCUT2D eigenvalue weighted by Crippen LogP contribution is 2.41. The van der Waals surface area contributed by atoms with Crippen LogP contribution in [-0.4, -0.2) is 18.0 Å². The zero-order valence-corrected chi connectivity index (χ0v) is 11.7. The summed E-state index contributed by atoms with van der Waals surface area (Å²) in [4.78, 5) is 11.1. The van der Waals surface area contributed by atoms with E-state index in [4.69, 9.17) is 11.6 Å². The molecule has 0 amide bonds. The molecular weight excluding hydrogens is 274 g/mol. The molecular formula is C14H21ClF2O2. The van der Waals surface area contributed by atoms with Crippen molar-refractivity contribution in [1.82, 2.24) is 0 Å². The van der Waals surface area contributed by atoms with Crippen molar-refractivity contribution in [1.29, 1.82) is 0 Å². The number of halogens is 3. The van der Waals surface area contributed by atoms with Gasteiger partial charge in [-0.3, -0.25) is 4.79 Å². The van der Waals surface area contributed by atoms with Gasteiger partial charge in [0.1, 0.15) is 0 Å². The lowest BCUT2D eigenvalue weighted by molar-refractivity contribution is -0.172. The van der Waals surface area contributed by atoms with Gasteiger partial charge in [0, 0.05) is 5.92 Å². The van der Waals surface area contributed by atoms with Crippen molar-refractivity contribution < 1.29 is 18.3 Å². The monoisotopic (exact) mass is 294 g/mol. The molecule has 2 aliphatic rings. The number of rotatable bonds is 4. The van der Waals surface area contributed by atoms with Crippen molar-refractivity contribution >= 4 is 16.8 Å². The third-order valence-electron chi connectivity index (χ3n) is 4.77. The van der Waals surface area contributed by atoms with E-state index in [1.54, 1.807) is 0 Å². The Balaban J connectivity index is 1.72. The molecule has 0 aromatic rings. The number of hydrogen-bond acceptors (Lipinski definition) is 2. The highest BCUT2D eigenvalue weighted by atomic mass is 35.5. The van der Waals surface area contributed by atoms with E-state index in [2.05, 4.69) is 4.74 Å². The topological polar surface area (TPSA) is 26.3 Å². The van der Waals surface area contributed by atoms with Crippen LogP contribution in [0.2, 0.25) is 0 Å². The van der Waals surface area contributed by atoms with Crippen LogP contribution < -0.4 is 0 Å². The second-order valence-electron chi connectivity index (χ2n) is 5.85. The van der Waals surface area contributed by atoms with E-state index in [9.17, 15) is 13.6 Å². The first-order chi connectivity index (χ1) is 9.06.